The van der Waals surface area contributed by atoms with Gasteiger partial charge in [-0.2, -0.15) is 0 Å². The minimum atomic E-state index is -1.28. The van der Waals surface area contributed by atoms with Crippen molar-refractivity contribution in [3.63, 3.8) is 0 Å². The lowest BCUT2D eigenvalue weighted by Gasteiger charge is -2.14. The summed E-state index contributed by atoms with van der Waals surface area (Å²) < 4.78 is 0. The van der Waals surface area contributed by atoms with Crippen LogP contribution in [0.2, 0.25) is 0 Å². The van der Waals surface area contributed by atoms with Gasteiger partial charge in [0.2, 0.25) is 0 Å². The Bertz CT molecular complexity index is 277. The average Bonchev–Trinajstić information content (AvgIpc) is 1.99. The van der Waals surface area contributed by atoms with Crippen molar-refractivity contribution in [2.75, 3.05) is 13.1 Å². The first-order valence-corrected chi connectivity index (χ1v) is 4.46. The third-order valence-corrected chi connectivity index (χ3v) is 1.21. The lowest BCUT2D eigenvalue weighted by molar-refractivity contribution is -0.140. The molecule has 0 aromatic heterocycles. The summed E-state index contributed by atoms with van der Waals surface area (Å²) in [5.41, 5.74) is 4.34. The summed E-state index contributed by atoms with van der Waals surface area (Å²) in [6.07, 6.45) is 0. The van der Waals surface area contributed by atoms with E-state index in [2.05, 4.69) is 31.0 Å². The van der Waals surface area contributed by atoms with E-state index in [1.54, 1.807) is 0 Å². The molecule has 0 fully saturated rings. The van der Waals surface area contributed by atoms with Crippen LogP contribution in [0.5, 0.6) is 0 Å². The molecule has 7 N–H and O–H groups in total. The van der Waals surface area contributed by atoms with E-state index in [0.29, 0.717) is 4.90 Å². The number of primary amides is 1. The van der Waals surface area contributed by atoms with Crippen LogP contribution < -0.4 is 11.9 Å². The summed E-state index contributed by atoms with van der Waals surface area (Å²) in [7, 11) is 0. The Balaban J connectivity index is -0.000000340. The van der Waals surface area contributed by atoms with Crippen LogP contribution >= 0.6 is 25.3 Å². The highest BCUT2D eigenvalue weighted by Crippen LogP contribution is 1.94. The first kappa shape index (κ1) is 20.9. The number of thiol groups is 2. The summed E-state index contributed by atoms with van der Waals surface area (Å²) in [5.74, 6) is -2.56. The maximum absolute atomic E-state index is 10.5. The van der Waals surface area contributed by atoms with Gasteiger partial charge >= 0.3 is 11.9 Å². The van der Waals surface area contributed by atoms with Crippen LogP contribution in [0.3, 0.4) is 0 Å². The highest BCUT2D eigenvalue weighted by atomic mass is 32.1. The van der Waals surface area contributed by atoms with Gasteiger partial charge in [-0.25, -0.2) is 0 Å². The molecule has 11 heteroatoms. The topological polar surface area (TPSA) is 173 Å². The second kappa shape index (κ2) is 11.0. The SMILES string of the molecule is N.NC(=O)S.O=C(O)CN(CC(=O)O)C(=O)S. The molecular formula is C6H13N3O6S2. The molecule has 0 saturated carbocycles. The molecule has 100 valence electrons. The van der Waals surface area contributed by atoms with Crippen LogP contribution in [0.25, 0.3) is 0 Å². The molecule has 0 aliphatic heterocycles. The van der Waals surface area contributed by atoms with Gasteiger partial charge in [0.15, 0.2) is 0 Å². The summed E-state index contributed by atoms with van der Waals surface area (Å²) in [6, 6.07) is 0. The molecule has 17 heavy (non-hydrogen) atoms. The highest BCUT2D eigenvalue weighted by Gasteiger charge is 2.16. The van der Waals surface area contributed by atoms with E-state index in [4.69, 9.17) is 15.0 Å². The van der Waals surface area contributed by atoms with Crippen LogP contribution in [0.15, 0.2) is 0 Å². The standard InChI is InChI=1S/C5H7NO5S.CH3NOS.H3N/c7-3(8)1-6(5(11)12)2-4(9)10;2-1(3)4;/h1-2H2,(H,7,8)(H,9,10)(H,11,12);(H3,2,3,4);1H3. The number of hydrogen-bond acceptors (Lipinski definition) is 5. The summed E-state index contributed by atoms with van der Waals surface area (Å²) in [5, 5.41) is 14.9. The van der Waals surface area contributed by atoms with E-state index in [9.17, 15) is 14.4 Å². The Kier molecular flexibility index (Phi) is 13.6. The van der Waals surface area contributed by atoms with Gasteiger partial charge < -0.3 is 27.0 Å². The first-order valence-electron chi connectivity index (χ1n) is 3.56. The second-order valence-corrected chi connectivity index (χ2v) is 3.09. The molecule has 0 bridgehead atoms. The first-order chi connectivity index (χ1) is 7.16. The van der Waals surface area contributed by atoms with E-state index < -0.39 is 35.5 Å². The molecule has 0 aliphatic rings. The van der Waals surface area contributed by atoms with Gasteiger partial charge in [0, 0.05) is 0 Å². The van der Waals surface area contributed by atoms with Crippen molar-refractivity contribution in [1.82, 2.24) is 11.1 Å². The molecule has 2 amide bonds. The largest absolute Gasteiger partial charge is 0.480 e. The van der Waals surface area contributed by atoms with E-state index >= 15 is 0 Å². The van der Waals surface area contributed by atoms with Crippen molar-refractivity contribution in [1.29, 1.82) is 0 Å². The van der Waals surface area contributed by atoms with Gasteiger partial charge in [-0.1, -0.05) is 25.3 Å². The Morgan fingerprint density at radius 1 is 1.00 bits per heavy atom. The maximum Gasteiger partial charge on any atom is 0.323 e. The number of nitrogens with zero attached hydrogens (tertiary/aromatic N) is 1. The number of hydrogen-bond donors (Lipinski definition) is 6. The van der Waals surface area contributed by atoms with Gasteiger partial charge in [-0.3, -0.25) is 19.2 Å². The van der Waals surface area contributed by atoms with E-state index in [1.807, 2.05) is 0 Å². The normalized spacial score (nSPS) is 7.88. The molecule has 0 unspecified atom stereocenters. The number of carbonyl (C=O) groups excluding carboxylic acids is 2. The van der Waals surface area contributed by atoms with Crippen molar-refractivity contribution in [2.45, 2.75) is 0 Å². The molecule has 0 saturated heterocycles. The van der Waals surface area contributed by atoms with Crippen LogP contribution in [0, 0.1) is 0 Å². The number of nitrogens with two attached hydrogens (primary N) is 1. The average molecular weight is 287 g/mol. The molecule has 0 atom stereocenters. The maximum atomic E-state index is 10.5. The van der Waals surface area contributed by atoms with Gasteiger partial charge in [0.05, 0.1) is 0 Å². The summed E-state index contributed by atoms with van der Waals surface area (Å²) >= 11 is 6.41. The quantitative estimate of drug-likeness (QED) is 0.383. The van der Waals surface area contributed by atoms with Gasteiger partial charge in [-0.05, 0) is 0 Å². The number of rotatable bonds is 4. The van der Waals surface area contributed by atoms with Gasteiger partial charge in [-0.15, -0.1) is 0 Å². The summed E-state index contributed by atoms with van der Waals surface area (Å²) in [6.45, 7) is -1.32. The second-order valence-electron chi connectivity index (χ2n) is 2.26. The van der Waals surface area contributed by atoms with E-state index in [0.717, 1.165) is 0 Å². The van der Waals surface area contributed by atoms with Crippen LogP contribution in [-0.2, 0) is 9.59 Å². The number of carbonyl (C=O) groups is 4. The lowest BCUT2D eigenvalue weighted by atomic mass is 10.5. The van der Waals surface area contributed by atoms with Crippen LogP contribution in [0.1, 0.15) is 0 Å². The molecular weight excluding hydrogens is 274 g/mol. The fourth-order valence-corrected chi connectivity index (χ4v) is 0.659. The van der Waals surface area contributed by atoms with E-state index in [1.165, 1.54) is 0 Å². The third-order valence-electron chi connectivity index (χ3n) is 0.923. The molecule has 0 rings (SSSR count). The van der Waals surface area contributed by atoms with Crippen molar-refractivity contribution < 1.29 is 29.4 Å². The Morgan fingerprint density at radius 2 is 1.24 bits per heavy atom. The van der Waals surface area contributed by atoms with Crippen molar-refractivity contribution in [3.8, 4) is 0 Å². The fourth-order valence-electron chi connectivity index (χ4n) is 0.518. The zero-order chi connectivity index (χ0) is 13.3. The lowest BCUT2D eigenvalue weighted by Crippen LogP contribution is -2.36. The molecule has 9 nitrogen and oxygen atoms in total. The fraction of sp³-hybridized carbons (Fsp3) is 0.333. The van der Waals surface area contributed by atoms with Crippen molar-refractivity contribution in [3.05, 3.63) is 0 Å². The van der Waals surface area contributed by atoms with Crippen LogP contribution in [-0.4, -0.2) is 50.6 Å². The van der Waals surface area contributed by atoms with Crippen LogP contribution in [0.4, 0.5) is 9.59 Å². The number of aliphatic carboxylic acids is 2. The smallest absolute Gasteiger partial charge is 0.323 e. The predicted molar refractivity (Wildman–Crippen MR) is 64.8 cm³/mol. The minimum absolute atomic E-state index is 0. The molecule has 0 aromatic rings. The minimum Gasteiger partial charge on any atom is -0.480 e. The zero-order valence-electron chi connectivity index (χ0n) is 8.57. The molecule has 0 heterocycles. The van der Waals surface area contributed by atoms with Crippen molar-refractivity contribution in [2.24, 2.45) is 5.73 Å². The monoisotopic (exact) mass is 287 g/mol. The highest BCUT2D eigenvalue weighted by molar-refractivity contribution is 7.96. The van der Waals surface area contributed by atoms with Gasteiger partial charge in [0.1, 0.15) is 13.1 Å². The molecule has 0 radical (unpaired) electrons. The predicted octanol–water partition coefficient (Wildman–Crippen LogP) is -0.336. The molecule has 0 spiro atoms. The molecule has 0 aliphatic carbocycles. The third kappa shape index (κ3) is 20.6. The Morgan fingerprint density at radius 3 is 1.35 bits per heavy atom. The van der Waals surface area contributed by atoms with Gasteiger partial charge in [0.25, 0.3) is 10.5 Å². The number of amides is 2. The van der Waals surface area contributed by atoms with E-state index in [-0.39, 0.29) is 6.15 Å². The summed E-state index contributed by atoms with van der Waals surface area (Å²) in [4.78, 5) is 40.3. The van der Waals surface area contributed by atoms with Crippen molar-refractivity contribution >= 4 is 47.7 Å². The molecule has 0 aromatic carbocycles. The number of carboxylic acids is 2. The zero-order valence-corrected chi connectivity index (χ0v) is 10.4. The number of carboxylic acid groups (broad SMARTS) is 2. The Hall–Kier alpha value is -1.46. The Labute approximate surface area is 107 Å².